The number of ether oxygens (including phenoxy) is 2. The van der Waals surface area contributed by atoms with E-state index in [4.69, 9.17) is 14.7 Å². The Balaban J connectivity index is 1.76. The number of carbonyl (C=O) groups is 3. The summed E-state index contributed by atoms with van der Waals surface area (Å²) >= 11 is 0. The summed E-state index contributed by atoms with van der Waals surface area (Å²) in [6, 6.07) is 9.67. The van der Waals surface area contributed by atoms with Gasteiger partial charge in [-0.05, 0) is 31.1 Å². The van der Waals surface area contributed by atoms with Crippen LogP contribution in [-0.2, 0) is 29.9 Å². The van der Waals surface area contributed by atoms with Crippen molar-refractivity contribution in [3.8, 4) is 11.8 Å². The van der Waals surface area contributed by atoms with Crippen LogP contribution in [0.15, 0.2) is 41.6 Å². The number of methoxy groups -OCH3 is 1. The number of rotatable bonds is 7. The zero-order valence-corrected chi connectivity index (χ0v) is 17.3. The standard InChI is InChI=1S/C20H21N3O6S/c1-12-14(9-6-10-21)30(27)19-16(18(25)23(19)17(12)20(26)28-2)22-15(24)11-29-13-7-4-3-5-8-13/h3-5,7-8,14,16,19H,6,9,11H2,1-2H3,(H,22,24)/t14-,16-,19-,30?/m1/s1. The van der Waals surface area contributed by atoms with E-state index in [1.54, 1.807) is 31.2 Å². The molecule has 0 radical (unpaired) electrons. The smallest absolute Gasteiger partial charge is 0.354 e. The third-order valence-corrected chi connectivity index (χ3v) is 7.09. The molecule has 2 aliphatic rings. The molecule has 1 N–H and O–H groups in total. The van der Waals surface area contributed by atoms with Crippen LogP contribution >= 0.6 is 0 Å². The number of carbonyl (C=O) groups excluding carboxylic acids is 3. The van der Waals surface area contributed by atoms with E-state index in [1.165, 1.54) is 7.11 Å². The molecule has 0 saturated carbocycles. The minimum Gasteiger partial charge on any atom is -0.484 e. The van der Waals surface area contributed by atoms with Crippen LogP contribution in [0.3, 0.4) is 0 Å². The van der Waals surface area contributed by atoms with Gasteiger partial charge in [0.15, 0.2) is 6.61 Å². The molecule has 1 fully saturated rings. The van der Waals surface area contributed by atoms with Gasteiger partial charge in [-0.3, -0.25) is 18.7 Å². The van der Waals surface area contributed by atoms with Crippen molar-refractivity contribution in [1.29, 1.82) is 5.26 Å². The highest BCUT2D eigenvalue weighted by Crippen LogP contribution is 2.39. The van der Waals surface area contributed by atoms with Gasteiger partial charge in [0, 0.05) is 6.42 Å². The molecule has 9 nitrogen and oxygen atoms in total. The van der Waals surface area contributed by atoms with Crippen LogP contribution in [0, 0.1) is 11.3 Å². The first kappa shape index (κ1) is 21.5. The summed E-state index contributed by atoms with van der Waals surface area (Å²) in [6.07, 6.45) is 0.413. The van der Waals surface area contributed by atoms with E-state index < -0.39 is 45.2 Å². The van der Waals surface area contributed by atoms with E-state index >= 15 is 0 Å². The summed E-state index contributed by atoms with van der Waals surface area (Å²) < 4.78 is 23.3. The molecule has 3 rings (SSSR count). The first-order valence-electron chi connectivity index (χ1n) is 9.26. The quantitative estimate of drug-likeness (QED) is 0.495. The van der Waals surface area contributed by atoms with E-state index in [1.807, 2.05) is 12.1 Å². The fourth-order valence-electron chi connectivity index (χ4n) is 3.52. The summed E-state index contributed by atoms with van der Waals surface area (Å²) in [5.74, 6) is -1.31. The Bertz CT molecular complexity index is 955. The van der Waals surface area contributed by atoms with Crippen LogP contribution in [0.4, 0.5) is 0 Å². The summed E-state index contributed by atoms with van der Waals surface area (Å²) in [7, 11) is -0.419. The lowest BCUT2D eigenvalue weighted by atomic mass is 9.99. The highest BCUT2D eigenvalue weighted by atomic mass is 32.2. The molecule has 0 spiro atoms. The Kier molecular flexibility index (Phi) is 6.52. The maximum absolute atomic E-state index is 13.1. The Morgan fingerprint density at radius 1 is 1.30 bits per heavy atom. The molecule has 2 heterocycles. The molecule has 4 atom stereocenters. The molecule has 0 aliphatic carbocycles. The molecule has 2 amide bonds. The topological polar surface area (TPSA) is 126 Å². The maximum Gasteiger partial charge on any atom is 0.354 e. The van der Waals surface area contributed by atoms with Gasteiger partial charge in [-0.25, -0.2) is 4.79 Å². The Morgan fingerprint density at radius 2 is 2.00 bits per heavy atom. The number of fused-ring (bicyclic) bond motifs is 1. The number of hydrogen-bond acceptors (Lipinski definition) is 7. The number of esters is 1. The van der Waals surface area contributed by atoms with Crippen molar-refractivity contribution in [1.82, 2.24) is 10.2 Å². The second-order valence-corrected chi connectivity index (χ2v) is 8.49. The van der Waals surface area contributed by atoms with Crippen LogP contribution in [0.25, 0.3) is 0 Å². The van der Waals surface area contributed by atoms with E-state index in [-0.39, 0.29) is 25.1 Å². The monoisotopic (exact) mass is 431 g/mol. The SMILES string of the molecule is COC(=O)C1=C(C)[C@@H](CCC#N)S(=O)[C@@H]2[C@H](NC(=O)COc3ccccc3)C(=O)N12. The minimum absolute atomic E-state index is 0.0288. The number of para-hydroxylation sites is 1. The number of nitriles is 1. The average Bonchev–Trinajstić information content (AvgIpc) is 2.76. The molecule has 1 unspecified atom stereocenters. The van der Waals surface area contributed by atoms with E-state index in [9.17, 15) is 18.6 Å². The molecule has 2 aliphatic heterocycles. The van der Waals surface area contributed by atoms with Gasteiger partial charge < -0.3 is 14.8 Å². The number of amides is 2. The molecule has 1 aromatic carbocycles. The molecule has 1 aromatic rings. The van der Waals surface area contributed by atoms with Gasteiger partial charge >= 0.3 is 5.97 Å². The lowest BCUT2D eigenvalue weighted by Gasteiger charge is -2.50. The lowest BCUT2D eigenvalue weighted by Crippen LogP contribution is -2.74. The summed E-state index contributed by atoms with van der Waals surface area (Å²) in [5, 5.41) is 9.95. The fraction of sp³-hybridized carbons (Fsp3) is 0.400. The molecule has 158 valence electrons. The lowest BCUT2D eigenvalue weighted by molar-refractivity contribution is -0.152. The predicted molar refractivity (Wildman–Crippen MR) is 106 cm³/mol. The summed E-state index contributed by atoms with van der Waals surface area (Å²) in [4.78, 5) is 38.4. The first-order valence-corrected chi connectivity index (χ1v) is 10.5. The summed E-state index contributed by atoms with van der Waals surface area (Å²) in [6.45, 7) is 1.29. The van der Waals surface area contributed by atoms with Crippen LogP contribution in [-0.4, -0.2) is 57.3 Å². The molecule has 10 heteroatoms. The van der Waals surface area contributed by atoms with Crippen molar-refractivity contribution in [3.05, 3.63) is 41.6 Å². The summed E-state index contributed by atoms with van der Waals surface area (Å²) in [5.41, 5.74) is 0.471. The largest absolute Gasteiger partial charge is 0.484 e. The van der Waals surface area contributed by atoms with Crippen LogP contribution in [0.2, 0.25) is 0 Å². The van der Waals surface area contributed by atoms with E-state index in [2.05, 4.69) is 5.32 Å². The number of nitrogens with zero attached hydrogens (tertiary/aromatic N) is 2. The normalized spacial score (nSPS) is 25.0. The third kappa shape index (κ3) is 3.93. The van der Waals surface area contributed by atoms with Gasteiger partial charge in [0.2, 0.25) is 0 Å². The van der Waals surface area contributed by atoms with Crippen LogP contribution < -0.4 is 10.1 Å². The Hall–Kier alpha value is -3.19. The van der Waals surface area contributed by atoms with Crippen molar-refractivity contribution in [3.63, 3.8) is 0 Å². The van der Waals surface area contributed by atoms with Crippen molar-refractivity contribution in [2.24, 2.45) is 0 Å². The predicted octanol–water partition coefficient (Wildman–Crippen LogP) is 0.600. The van der Waals surface area contributed by atoms with E-state index in [0.29, 0.717) is 11.3 Å². The minimum atomic E-state index is -1.61. The maximum atomic E-state index is 13.1. The zero-order valence-electron chi connectivity index (χ0n) is 16.5. The second kappa shape index (κ2) is 9.09. The number of hydrogen-bond donors (Lipinski definition) is 1. The Labute approximate surface area is 176 Å². The van der Waals surface area contributed by atoms with Crippen molar-refractivity contribution < 1.29 is 28.1 Å². The van der Waals surface area contributed by atoms with Gasteiger partial charge in [0.25, 0.3) is 11.8 Å². The number of β-lactam (4-membered cyclic amide) rings is 1. The van der Waals surface area contributed by atoms with Gasteiger partial charge in [-0.15, -0.1) is 0 Å². The third-order valence-electron chi connectivity index (χ3n) is 4.99. The Morgan fingerprint density at radius 3 is 2.63 bits per heavy atom. The highest BCUT2D eigenvalue weighted by Gasteiger charge is 2.59. The highest BCUT2D eigenvalue weighted by molar-refractivity contribution is 7.86. The molecule has 1 saturated heterocycles. The van der Waals surface area contributed by atoms with Gasteiger partial charge in [0.05, 0.1) is 29.2 Å². The molecule has 0 bridgehead atoms. The second-order valence-electron chi connectivity index (χ2n) is 6.78. The number of nitrogens with one attached hydrogen (secondary N) is 1. The van der Waals surface area contributed by atoms with Gasteiger partial charge in [0.1, 0.15) is 22.9 Å². The fourth-order valence-corrected chi connectivity index (χ4v) is 5.54. The van der Waals surface area contributed by atoms with Crippen LogP contribution in [0.5, 0.6) is 5.75 Å². The molecular weight excluding hydrogens is 410 g/mol. The van der Waals surface area contributed by atoms with E-state index in [0.717, 1.165) is 4.90 Å². The molecular formula is C20H21N3O6S. The van der Waals surface area contributed by atoms with Crippen molar-refractivity contribution >= 4 is 28.6 Å². The average molecular weight is 431 g/mol. The zero-order chi connectivity index (χ0) is 21.8. The van der Waals surface area contributed by atoms with Crippen molar-refractivity contribution in [2.75, 3.05) is 13.7 Å². The van der Waals surface area contributed by atoms with Gasteiger partial charge in [-0.1, -0.05) is 18.2 Å². The molecule has 30 heavy (non-hydrogen) atoms. The van der Waals surface area contributed by atoms with Crippen LogP contribution in [0.1, 0.15) is 19.8 Å². The first-order chi connectivity index (χ1) is 14.4. The van der Waals surface area contributed by atoms with Crippen molar-refractivity contribution in [2.45, 2.75) is 36.4 Å². The van der Waals surface area contributed by atoms with Gasteiger partial charge in [-0.2, -0.15) is 5.26 Å². The number of benzene rings is 1. The molecule has 0 aromatic heterocycles.